The second kappa shape index (κ2) is 4.64. The molecule has 1 saturated carbocycles. The molecule has 1 aliphatic carbocycles. The van der Waals surface area contributed by atoms with Gasteiger partial charge in [0.05, 0.1) is 6.61 Å². The molecule has 0 aromatic rings. The average Bonchev–Trinajstić information content (AvgIpc) is 2.36. The lowest BCUT2D eigenvalue weighted by atomic mass is 9.89. The Morgan fingerprint density at radius 3 is 2.31 bits per heavy atom. The summed E-state index contributed by atoms with van der Waals surface area (Å²) in [5.41, 5.74) is 0. The Kier molecular flexibility index (Phi) is 3.76. The van der Waals surface area contributed by atoms with Gasteiger partial charge in [-0.25, -0.2) is 0 Å². The Bertz CT molecular complexity index is 167. The number of hydrogen-bond donors (Lipinski definition) is 0. The minimum atomic E-state index is -0.0203. The largest absolute Gasteiger partial charge is 0.466 e. The Balaban J connectivity index is 2.38. The van der Waals surface area contributed by atoms with Crippen LogP contribution in [0, 0.1) is 17.8 Å². The van der Waals surface area contributed by atoms with Crippen molar-refractivity contribution < 1.29 is 9.53 Å². The molecule has 2 atom stereocenters. The smallest absolute Gasteiger partial charge is 0.306 e. The van der Waals surface area contributed by atoms with Crippen LogP contribution >= 0.6 is 0 Å². The summed E-state index contributed by atoms with van der Waals surface area (Å²) >= 11 is 0. The van der Waals surface area contributed by atoms with E-state index >= 15 is 0 Å². The fraction of sp³-hybridized carbons (Fsp3) is 0.909. The summed E-state index contributed by atoms with van der Waals surface area (Å²) in [6, 6.07) is 0. The molecule has 0 radical (unpaired) electrons. The number of ether oxygens (including phenoxy) is 1. The average molecular weight is 184 g/mol. The van der Waals surface area contributed by atoms with Gasteiger partial charge in [0.2, 0.25) is 0 Å². The predicted molar refractivity (Wildman–Crippen MR) is 52.3 cm³/mol. The van der Waals surface area contributed by atoms with Crippen molar-refractivity contribution in [3.63, 3.8) is 0 Å². The SMILES string of the molecule is CCOC(=O)CC1[C@@H](C)CC[C@@H]1C. The van der Waals surface area contributed by atoms with E-state index in [1.54, 1.807) is 0 Å². The molecule has 0 spiro atoms. The maximum atomic E-state index is 11.3. The highest BCUT2D eigenvalue weighted by molar-refractivity contribution is 5.69. The zero-order valence-electron chi connectivity index (χ0n) is 8.88. The van der Waals surface area contributed by atoms with Gasteiger partial charge in [-0.15, -0.1) is 0 Å². The molecule has 0 heterocycles. The maximum absolute atomic E-state index is 11.3. The third-order valence-electron chi connectivity index (χ3n) is 3.25. The monoisotopic (exact) mass is 184 g/mol. The van der Waals surface area contributed by atoms with Crippen LogP contribution in [0.25, 0.3) is 0 Å². The first-order chi connectivity index (χ1) is 6.15. The second-order valence-electron chi connectivity index (χ2n) is 4.20. The van der Waals surface area contributed by atoms with E-state index in [-0.39, 0.29) is 5.97 Å². The molecule has 0 bridgehead atoms. The Morgan fingerprint density at radius 1 is 1.31 bits per heavy atom. The van der Waals surface area contributed by atoms with Gasteiger partial charge >= 0.3 is 5.97 Å². The molecule has 0 N–H and O–H groups in total. The number of carbonyl (C=O) groups excluding carboxylic acids is 1. The van der Waals surface area contributed by atoms with Crippen LogP contribution in [0.2, 0.25) is 0 Å². The van der Waals surface area contributed by atoms with Crippen molar-refractivity contribution in [3.05, 3.63) is 0 Å². The lowest BCUT2D eigenvalue weighted by molar-refractivity contribution is -0.144. The fourth-order valence-corrected chi connectivity index (χ4v) is 2.33. The summed E-state index contributed by atoms with van der Waals surface area (Å²) in [5, 5.41) is 0. The van der Waals surface area contributed by atoms with Gasteiger partial charge in [0.1, 0.15) is 0 Å². The van der Waals surface area contributed by atoms with Crippen LogP contribution in [-0.2, 0) is 9.53 Å². The van der Waals surface area contributed by atoms with Crippen LogP contribution in [-0.4, -0.2) is 12.6 Å². The molecule has 2 heteroatoms. The zero-order valence-corrected chi connectivity index (χ0v) is 8.88. The molecule has 0 aliphatic heterocycles. The van der Waals surface area contributed by atoms with Gasteiger partial charge in [0.25, 0.3) is 0 Å². The molecule has 2 nitrogen and oxygen atoms in total. The van der Waals surface area contributed by atoms with Crippen molar-refractivity contribution >= 4 is 5.97 Å². The zero-order chi connectivity index (χ0) is 9.84. The molecular weight excluding hydrogens is 164 g/mol. The third-order valence-corrected chi connectivity index (χ3v) is 3.25. The van der Waals surface area contributed by atoms with E-state index < -0.39 is 0 Å². The van der Waals surface area contributed by atoms with Crippen LogP contribution in [0.1, 0.15) is 40.0 Å². The summed E-state index contributed by atoms with van der Waals surface area (Å²) in [4.78, 5) is 11.3. The van der Waals surface area contributed by atoms with Crippen molar-refractivity contribution in [2.75, 3.05) is 6.61 Å². The van der Waals surface area contributed by atoms with Gasteiger partial charge in [-0.05, 0) is 24.7 Å². The number of rotatable bonds is 3. The lowest BCUT2D eigenvalue weighted by Gasteiger charge is -2.18. The minimum Gasteiger partial charge on any atom is -0.466 e. The Morgan fingerprint density at radius 2 is 1.85 bits per heavy atom. The molecule has 1 fully saturated rings. The van der Waals surface area contributed by atoms with E-state index in [2.05, 4.69) is 13.8 Å². The highest BCUT2D eigenvalue weighted by Crippen LogP contribution is 2.38. The van der Waals surface area contributed by atoms with E-state index in [1.165, 1.54) is 12.8 Å². The molecule has 0 aromatic heterocycles. The van der Waals surface area contributed by atoms with E-state index in [1.807, 2.05) is 6.92 Å². The van der Waals surface area contributed by atoms with Crippen molar-refractivity contribution in [3.8, 4) is 0 Å². The van der Waals surface area contributed by atoms with Gasteiger partial charge in [-0.3, -0.25) is 4.79 Å². The molecule has 0 unspecified atom stereocenters. The standard InChI is InChI=1S/C11H20O2/c1-4-13-11(12)7-10-8(2)5-6-9(10)3/h8-10H,4-7H2,1-3H3/t8-,9-/m0/s1. The first-order valence-corrected chi connectivity index (χ1v) is 5.30. The summed E-state index contributed by atoms with van der Waals surface area (Å²) in [6.45, 7) is 6.86. The van der Waals surface area contributed by atoms with Crippen molar-refractivity contribution in [1.29, 1.82) is 0 Å². The highest BCUT2D eigenvalue weighted by atomic mass is 16.5. The Hall–Kier alpha value is -0.530. The molecule has 13 heavy (non-hydrogen) atoms. The number of esters is 1. The predicted octanol–water partition coefficient (Wildman–Crippen LogP) is 2.62. The first-order valence-electron chi connectivity index (χ1n) is 5.30. The summed E-state index contributed by atoms with van der Waals surface area (Å²) < 4.78 is 4.96. The Labute approximate surface area is 80.7 Å². The highest BCUT2D eigenvalue weighted by Gasteiger charge is 2.32. The number of hydrogen-bond acceptors (Lipinski definition) is 2. The normalized spacial score (nSPS) is 29.2. The molecule has 0 saturated heterocycles. The van der Waals surface area contributed by atoms with E-state index in [0.29, 0.717) is 30.8 Å². The molecule has 0 amide bonds. The number of carbonyl (C=O) groups is 1. The van der Waals surface area contributed by atoms with Crippen LogP contribution in [0.4, 0.5) is 0 Å². The second-order valence-corrected chi connectivity index (χ2v) is 4.20. The van der Waals surface area contributed by atoms with Gasteiger partial charge < -0.3 is 4.74 Å². The van der Waals surface area contributed by atoms with Crippen LogP contribution in [0.5, 0.6) is 0 Å². The van der Waals surface area contributed by atoms with Crippen molar-refractivity contribution in [2.24, 2.45) is 17.8 Å². The summed E-state index contributed by atoms with van der Waals surface area (Å²) in [7, 11) is 0. The van der Waals surface area contributed by atoms with Crippen molar-refractivity contribution in [2.45, 2.75) is 40.0 Å². The maximum Gasteiger partial charge on any atom is 0.306 e. The fourth-order valence-electron chi connectivity index (χ4n) is 2.33. The molecule has 0 aromatic carbocycles. The quantitative estimate of drug-likeness (QED) is 0.630. The van der Waals surface area contributed by atoms with Gasteiger partial charge in [0, 0.05) is 6.42 Å². The van der Waals surface area contributed by atoms with E-state index in [4.69, 9.17) is 4.74 Å². The van der Waals surface area contributed by atoms with Crippen LogP contribution in [0.15, 0.2) is 0 Å². The van der Waals surface area contributed by atoms with Gasteiger partial charge in [-0.2, -0.15) is 0 Å². The van der Waals surface area contributed by atoms with Crippen molar-refractivity contribution in [1.82, 2.24) is 0 Å². The molecule has 1 rings (SSSR count). The summed E-state index contributed by atoms with van der Waals surface area (Å²) in [5.74, 6) is 1.92. The molecule has 76 valence electrons. The van der Waals surface area contributed by atoms with Gasteiger partial charge in [-0.1, -0.05) is 26.7 Å². The molecular formula is C11H20O2. The van der Waals surface area contributed by atoms with Crippen LogP contribution in [0.3, 0.4) is 0 Å². The van der Waals surface area contributed by atoms with Gasteiger partial charge in [0.15, 0.2) is 0 Å². The minimum absolute atomic E-state index is 0.0203. The molecule has 1 aliphatic rings. The lowest BCUT2D eigenvalue weighted by Crippen LogP contribution is -2.17. The van der Waals surface area contributed by atoms with E-state index in [9.17, 15) is 4.79 Å². The first kappa shape index (κ1) is 10.6. The third kappa shape index (κ3) is 2.71. The topological polar surface area (TPSA) is 26.3 Å². The van der Waals surface area contributed by atoms with Crippen LogP contribution < -0.4 is 0 Å². The van der Waals surface area contributed by atoms with E-state index in [0.717, 1.165) is 0 Å². The summed E-state index contributed by atoms with van der Waals surface area (Å²) in [6.07, 6.45) is 3.16.